The van der Waals surface area contributed by atoms with Gasteiger partial charge in [-0.3, -0.25) is 0 Å². The van der Waals surface area contributed by atoms with Crippen molar-refractivity contribution in [2.24, 2.45) is 5.73 Å². The van der Waals surface area contributed by atoms with E-state index in [1.807, 2.05) is 18.4 Å². The molecule has 1 heterocycles. The van der Waals surface area contributed by atoms with Gasteiger partial charge < -0.3 is 10.3 Å². The van der Waals surface area contributed by atoms with Gasteiger partial charge in [-0.1, -0.05) is 16.8 Å². The quantitative estimate of drug-likeness (QED) is 0.913. The molecule has 1 aromatic heterocycles. The average Bonchev–Trinajstić information content (AvgIpc) is 2.86. The molecular formula is C12H14ClN3OS. The van der Waals surface area contributed by atoms with E-state index in [1.165, 1.54) is 0 Å². The largest absolute Gasteiger partial charge is 0.337 e. The Morgan fingerprint density at radius 3 is 2.78 bits per heavy atom. The van der Waals surface area contributed by atoms with Crippen LogP contribution in [-0.2, 0) is 0 Å². The van der Waals surface area contributed by atoms with Crippen molar-refractivity contribution in [2.45, 2.75) is 12.5 Å². The third-order valence-electron chi connectivity index (χ3n) is 2.49. The molecule has 1 atom stereocenters. The van der Waals surface area contributed by atoms with E-state index in [0.29, 0.717) is 16.7 Å². The lowest BCUT2D eigenvalue weighted by atomic mass is 10.2. The molecule has 0 saturated heterocycles. The first kappa shape index (κ1) is 13.4. The Hall–Kier alpha value is -1.04. The van der Waals surface area contributed by atoms with Gasteiger partial charge in [0.2, 0.25) is 11.7 Å². The Bertz CT molecular complexity index is 500. The Morgan fingerprint density at radius 2 is 2.11 bits per heavy atom. The number of thioether (sulfide) groups is 1. The fraction of sp³-hybridized carbons (Fsp3) is 0.333. The molecule has 4 nitrogen and oxygen atoms in total. The standard InChI is InChI=1S/C12H14ClN3OS/c1-18-7-6-10(14)12-15-11(16-17-12)8-2-4-9(13)5-3-8/h2-5,10H,6-7,14H2,1H3/t10-/m0/s1. The SMILES string of the molecule is CSCC[C@H](N)c1nc(-c2ccc(Cl)cc2)no1. The van der Waals surface area contributed by atoms with E-state index in [4.69, 9.17) is 21.9 Å². The zero-order valence-corrected chi connectivity index (χ0v) is 11.5. The summed E-state index contributed by atoms with van der Waals surface area (Å²) in [7, 11) is 0. The lowest BCUT2D eigenvalue weighted by Crippen LogP contribution is -2.11. The summed E-state index contributed by atoms with van der Waals surface area (Å²) < 4.78 is 5.18. The smallest absolute Gasteiger partial charge is 0.243 e. The highest BCUT2D eigenvalue weighted by molar-refractivity contribution is 7.98. The molecule has 2 aromatic rings. The molecule has 2 rings (SSSR count). The Morgan fingerprint density at radius 1 is 1.39 bits per heavy atom. The maximum Gasteiger partial charge on any atom is 0.243 e. The zero-order valence-electron chi connectivity index (χ0n) is 9.97. The summed E-state index contributed by atoms with van der Waals surface area (Å²) in [4.78, 5) is 4.31. The van der Waals surface area contributed by atoms with Crippen molar-refractivity contribution < 1.29 is 4.52 Å². The summed E-state index contributed by atoms with van der Waals surface area (Å²) in [6, 6.07) is 7.08. The van der Waals surface area contributed by atoms with E-state index >= 15 is 0 Å². The van der Waals surface area contributed by atoms with Crippen molar-refractivity contribution in [1.29, 1.82) is 0 Å². The number of hydrogen-bond donors (Lipinski definition) is 1. The molecule has 2 N–H and O–H groups in total. The number of aromatic nitrogens is 2. The minimum Gasteiger partial charge on any atom is -0.337 e. The van der Waals surface area contributed by atoms with Gasteiger partial charge in [0.1, 0.15) is 0 Å². The van der Waals surface area contributed by atoms with E-state index in [1.54, 1.807) is 23.9 Å². The molecule has 0 unspecified atom stereocenters. The molecule has 0 bridgehead atoms. The van der Waals surface area contributed by atoms with Gasteiger partial charge in [-0.05, 0) is 42.7 Å². The van der Waals surface area contributed by atoms with Gasteiger partial charge in [0, 0.05) is 10.6 Å². The van der Waals surface area contributed by atoms with Crippen LogP contribution in [0.5, 0.6) is 0 Å². The van der Waals surface area contributed by atoms with Crippen LogP contribution >= 0.6 is 23.4 Å². The second-order valence-electron chi connectivity index (χ2n) is 3.85. The van der Waals surface area contributed by atoms with Crippen LogP contribution in [0.2, 0.25) is 5.02 Å². The van der Waals surface area contributed by atoms with Crippen LogP contribution in [0.1, 0.15) is 18.4 Å². The van der Waals surface area contributed by atoms with Crippen LogP contribution in [0.3, 0.4) is 0 Å². The van der Waals surface area contributed by atoms with Crippen LogP contribution in [0, 0.1) is 0 Å². The molecular weight excluding hydrogens is 270 g/mol. The normalized spacial score (nSPS) is 12.6. The third-order valence-corrected chi connectivity index (χ3v) is 3.39. The van der Waals surface area contributed by atoms with E-state index in [0.717, 1.165) is 17.7 Å². The predicted octanol–water partition coefficient (Wildman–Crippen LogP) is 3.14. The van der Waals surface area contributed by atoms with Crippen LogP contribution in [0.4, 0.5) is 0 Å². The van der Waals surface area contributed by atoms with Crippen LogP contribution < -0.4 is 5.73 Å². The molecule has 96 valence electrons. The Labute approximate surface area is 115 Å². The molecule has 0 aliphatic rings. The molecule has 0 aliphatic heterocycles. The van der Waals surface area contributed by atoms with Crippen molar-refractivity contribution in [1.82, 2.24) is 10.1 Å². The second-order valence-corrected chi connectivity index (χ2v) is 5.27. The maximum absolute atomic E-state index is 5.97. The first-order valence-corrected chi connectivity index (χ1v) is 7.32. The lowest BCUT2D eigenvalue weighted by molar-refractivity contribution is 0.353. The summed E-state index contributed by atoms with van der Waals surface area (Å²) >= 11 is 7.57. The van der Waals surface area contributed by atoms with E-state index < -0.39 is 0 Å². The minimum atomic E-state index is -0.203. The predicted molar refractivity (Wildman–Crippen MR) is 74.7 cm³/mol. The van der Waals surface area contributed by atoms with Crippen molar-refractivity contribution in [3.05, 3.63) is 35.2 Å². The van der Waals surface area contributed by atoms with Gasteiger partial charge in [-0.25, -0.2) is 0 Å². The fourth-order valence-electron chi connectivity index (χ4n) is 1.47. The van der Waals surface area contributed by atoms with Gasteiger partial charge in [-0.2, -0.15) is 16.7 Å². The van der Waals surface area contributed by atoms with Crippen molar-refractivity contribution >= 4 is 23.4 Å². The topological polar surface area (TPSA) is 64.9 Å². The number of nitrogens with zero attached hydrogens (tertiary/aromatic N) is 2. The first-order chi connectivity index (χ1) is 8.70. The van der Waals surface area contributed by atoms with Crippen LogP contribution in [0.15, 0.2) is 28.8 Å². The number of hydrogen-bond acceptors (Lipinski definition) is 5. The molecule has 0 radical (unpaired) electrons. The Kier molecular flexibility index (Phi) is 4.63. The summed E-state index contributed by atoms with van der Waals surface area (Å²) in [5, 5.41) is 4.61. The zero-order chi connectivity index (χ0) is 13.0. The number of nitrogens with two attached hydrogens (primary N) is 1. The number of rotatable bonds is 5. The van der Waals surface area contributed by atoms with Crippen molar-refractivity contribution in [3.8, 4) is 11.4 Å². The highest BCUT2D eigenvalue weighted by Crippen LogP contribution is 2.21. The van der Waals surface area contributed by atoms with Crippen LogP contribution in [-0.4, -0.2) is 22.1 Å². The second kappa shape index (κ2) is 6.22. The molecule has 0 saturated carbocycles. The molecule has 6 heteroatoms. The lowest BCUT2D eigenvalue weighted by Gasteiger charge is -2.03. The van der Waals surface area contributed by atoms with Gasteiger partial charge >= 0.3 is 0 Å². The highest BCUT2D eigenvalue weighted by Gasteiger charge is 2.15. The number of benzene rings is 1. The summed E-state index contributed by atoms with van der Waals surface area (Å²) in [5.74, 6) is 2.00. The van der Waals surface area contributed by atoms with Crippen molar-refractivity contribution in [3.63, 3.8) is 0 Å². The monoisotopic (exact) mass is 283 g/mol. The number of halogens is 1. The summed E-state index contributed by atoms with van der Waals surface area (Å²) in [6.45, 7) is 0. The van der Waals surface area contributed by atoms with Gasteiger partial charge in [0.05, 0.1) is 6.04 Å². The van der Waals surface area contributed by atoms with Crippen LogP contribution in [0.25, 0.3) is 11.4 Å². The molecule has 0 spiro atoms. The molecule has 0 aliphatic carbocycles. The molecule has 18 heavy (non-hydrogen) atoms. The minimum absolute atomic E-state index is 0.203. The van der Waals surface area contributed by atoms with Gasteiger partial charge in [0.25, 0.3) is 0 Å². The Balaban J connectivity index is 2.12. The fourth-order valence-corrected chi connectivity index (χ4v) is 2.09. The average molecular weight is 284 g/mol. The maximum atomic E-state index is 5.97. The van der Waals surface area contributed by atoms with Gasteiger partial charge in [-0.15, -0.1) is 0 Å². The highest BCUT2D eigenvalue weighted by atomic mass is 35.5. The molecule has 1 aromatic carbocycles. The molecule has 0 amide bonds. The first-order valence-electron chi connectivity index (χ1n) is 5.55. The molecule has 0 fully saturated rings. The summed E-state index contributed by atoms with van der Waals surface area (Å²) in [5.41, 5.74) is 6.83. The van der Waals surface area contributed by atoms with Crippen molar-refractivity contribution in [2.75, 3.05) is 12.0 Å². The summed E-state index contributed by atoms with van der Waals surface area (Å²) in [6.07, 6.45) is 2.86. The van der Waals surface area contributed by atoms with E-state index in [9.17, 15) is 0 Å². The third kappa shape index (κ3) is 3.25. The van der Waals surface area contributed by atoms with Gasteiger partial charge in [0.15, 0.2) is 0 Å². The van der Waals surface area contributed by atoms with E-state index in [-0.39, 0.29) is 6.04 Å². The van der Waals surface area contributed by atoms with E-state index in [2.05, 4.69) is 10.1 Å².